The van der Waals surface area contributed by atoms with E-state index < -0.39 is 0 Å². The monoisotopic (exact) mass is 442 g/mol. The molecule has 2 N–H and O–H groups in total. The molecule has 0 saturated carbocycles. The smallest absolute Gasteiger partial charge is 0.229 e. The number of nitrogens with one attached hydrogen (secondary N) is 2. The number of pyridine rings is 1. The number of aromatic nitrogens is 1. The van der Waals surface area contributed by atoms with Crippen molar-refractivity contribution in [2.24, 2.45) is 11.8 Å². The number of carbonyl (C=O) groups is 1. The van der Waals surface area contributed by atoms with Crippen LogP contribution in [0.3, 0.4) is 0 Å². The van der Waals surface area contributed by atoms with Crippen molar-refractivity contribution in [3.8, 4) is 11.1 Å². The number of anilines is 2. The Balaban J connectivity index is 1.48. The Hall–Kier alpha value is -2.15. The second-order valence-electron chi connectivity index (χ2n) is 8.57. The van der Waals surface area contributed by atoms with Gasteiger partial charge in [0.15, 0.2) is 0 Å². The molecule has 0 spiro atoms. The summed E-state index contributed by atoms with van der Waals surface area (Å²) in [6, 6.07) is 10.2. The lowest BCUT2D eigenvalue weighted by atomic mass is 9.98. The molecule has 2 aromatic rings. The van der Waals surface area contributed by atoms with Gasteiger partial charge < -0.3 is 20.3 Å². The quantitative estimate of drug-likeness (QED) is 0.701. The van der Waals surface area contributed by atoms with E-state index in [-0.39, 0.29) is 11.8 Å². The summed E-state index contributed by atoms with van der Waals surface area (Å²) in [4.78, 5) is 19.2. The van der Waals surface area contributed by atoms with E-state index in [2.05, 4.69) is 39.7 Å². The van der Waals surface area contributed by atoms with Crippen LogP contribution < -0.4 is 15.5 Å². The Bertz CT molecular complexity index is 895. The highest BCUT2D eigenvalue weighted by Crippen LogP contribution is 2.32. The van der Waals surface area contributed by atoms with Gasteiger partial charge in [-0.1, -0.05) is 23.7 Å². The van der Waals surface area contributed by atoms with Crippen LogP contribution in [0.25, 0.3) is 11.1 Å². The van der Waals surface area contributed by atoms with Gasteiger partial charge in [0.25, 0.3) is 0 Å². The van der Waals surface area contributed by atoms with Gasteiger partial charge in [-0.15, -0.1) is 0 Å². The lowest BCUT2D eigenvalue weighted by Crippen LogP contribution is -2.37. The number of amides is 1. The second kappa shape index (κ2) is 10.4. The second-order valence-corrected chi connectivity index (χ2v) is 8.98. The molecule has 1 amide bonds. The first kappa shape index (κ1) is 22.1. The molecule has 0 aliphatic carbocycles. The van der Waals surface area contributed by atoms with Crippen molar-refractivity contribution in [3.63, 3.8) is 0 Å². The number of hydrogen-bond donors (Lipinski definition) is 2. The SMILES string of the molecule is CN(CC1CCOCC1)c1cccc(-c2cc(NC(=O)[C@@H]3CCCNC3)ncc2Cl)c1. The molecule has 31 heavy (non-hydrogen) atoms. The average molecular weight is 443 g/mol. The molecule has 4 rings (SSSR count). The minimum atomic E-state index is -0.0168. The molecule has 1 atom stereocenters. The summed E-state index contributed by atoms with van der Waals surface area (Å²) in [5.41, 5.74) is 3.03. The summed E-state index contributed by atoms with van der Waals surface area (Å²) < 4.78 is 5.48. The summed E-state index contributed by atoms with van der Waals surface area (Å²) >= 11 is 6.49. The molecule has 2 aliphatic rings. The zero-order chi connectivity index (χ0) is 21.6. The van der Waals surface area contributed by atoms with E-state index in [0.29, 0.717) is 23.3 Å². The molecule has 6 nitrogen and oxygen atoms in total. The fourth-order valence-electron chi connectivity index (χ4n) is 4.36. The van der Waals surface area contributed by atoms with Gasteiger partial charge in [0.05, 0.1) is 10.9 Å². The number of carbonyl (C=O) groups excluding carboxylic acids is 1. The Kier molecular flexibility index (Phi) is 7.43. The van der Waals surface area contributed by atoms with Gasteiger partial charge in [-0.3, -0.25) is 4.79 Å². The number of halogens is 1. The summed E-state index contributed by atoms with van der Waals surface area (Å²) in [6.45, 7) is 4.42. The van der Waals surface area contributed by atoms with E-state index in [1.54, 1.807) is 6.20 Å². The third-order valence-corrected chi connectivity index (χ3v) is 6.55. The van der Waals surface area contributed by atoms with Gasteiger partial charge in [0.2, 0.25) is 5.91 Å². The van der Waals surface area contributed by atoms with Gasteiger partial charge >= 0.3 is 0 Å². The van der Waals surface area contributed by atoms with Crippen molar-refractivity contribution in [1.29, 1.82) is 0 Å². The van der Waals surface area contributed by atoms with E-state index in [1.165, 1.54) is 0 Å². The van der Waals surface area contributed by atoms with Crippen LogP contribution in [0.15, 0.2) is 36.5 Å². The minimum absolute atomic E-state index is 0.0120. The third kappa shape index (κ3) is 5.76. The van der Waals surface area contributed by atoms with E-state index >= 15 is 0 Å². The lowest BCUT2D eigenvalue weighted by Gasteiger charge is -2.28. The molecular weight excluding hydrogens is 412 g/mol. The average Bonchev–Trinajstić information content (AvgIpc) is 2.81. The van der Waals surface area contributed by atoms with Crippen LogP contribution in [0.4, 0.5) is 11.5 Å². The fraction of sp³-hybridized carbons (Fsp3) is 0.500. The number of hydrogen-bond acceptors (Lipinski definition) is 5. The highest BCUT2D eigenvalue weighted by molar-refractivity contribution is 6.33. The van der Waals surface area contributed by atoms with Crippen LogP contribution in [-0.2, 0) is 9.53 Å². The maximum atomic E-state index is 12.6. The van der Waals surface area contributed by atoms with Gasteiger partial charge in [-0.05, 0) is 61.9 Å². The molecule has 1 aromatic carbocycles. The highest BCUT2D eigenvalue weighted by atomic mass is 35.5. The summed E-state index contributed by atoms with van der Waals surface area (Å²) in [6.07, 6.45) is 5.76. The molecule has 3 heterocycles. The first-order valence-electron chi connectivity index (χ1n) is 11.2. The zero-order valence-electron chi connectivity index (χ0n) is 18.1. The van der Waals surface area contributed by atoms with E-state index in [4.69, 9.17) is 16.3 Å². The van der Waals surface area contributed by atoms with E-state index in [9.17, 15) is 4.79 Å². The van der Waals surface area contributed by atoms with E-state index in [0.717, 1.165) is 68.8 Å². The predicted molar refractivity (Wildman–Crippen MR) is 126 cm³/mol. The Morgan fingerprint density at radius 3 is 2.90 bits per heavy atom. The highest BCUT2D eigenvalue weighted by Gasteiger charge is 2.22. The summed E-state index contributed by atoms with van der Waals surface area (Å²) in [5, 5.41) is 6.82. The maximum absolute atomic E-state index is 12.6. The molecule has 2 aliphatic heterocycles. The fourth-order valence-corrected chi connectivity index (χ4v) is 4.58. The molecule has 0 radical (unpaired) electrons. The Morgan fingerprint density at radius 2 is 2.13 bits per heavy atom. The molecular formula is C24H31ClN4O2. The van der Waals surface area contributed by atoms with Crippen LogP contribution in [0.2, 0.25) is 5.02 Å². The topological polar surface area (TPSA) is 66.5 Å². The summed E-state index contributed by atoms with van der Waals surface area (Å²) in [5.74, 6) is 1.19. The van der Waals surface area contributed by atoms with Gasteiger partial charge in [0.1, 0.15) is 5.82 Å². The first-order chi connectivity index (χ1) is 15.1. The summed E-state index contributed by atoms with van der Waals surface area (Å²) in [7, 11) is 2.13. The minimum Gasteiger partial charge on any atom is -0.381 e. The van der Waals surface area contributed by atoms with Gasteiger partial charge in [0, 0.05) is 50.8 Å². The number of benzene rings is 1. The van der Waals surface area contributed by atoms with Crippen molar-refractivity contribution < 1.29 is 9.53 Å². The molecule has 166 valence electrons. The molecule has 1 aromatic heterocycles. The molecule has 2 fully saturated rings. The van der Waals surface area contributed by atoms with Crippen LogP contribution in [0.1, 0.15) is 25.7 Å². The normalized spacial score (nSPS) is 19.7. The Labute approximate surface area is 189 Å². The number of rotatable bonds is 6. The van der Waals surface area contributed by atoms with Crippen molar-refractivity contribution in [2.45, 2.75) is 25.7 Å². The van der Waals surface area contributed by atoms with Crippen molar-refractivity contribution in [3.05, 3.63) is 41.6 Å². The number of piperidine rings is 1. The van der Waals surface area contributed by atoms with Crippen LogP contribution in [0.5, 0.6) is 0 Å². The molecule has 2 saturated heterocycles. The van der Waals surface area contributed by atoms with E-state index in [1.807, 2.05) is 18.2 Å². The first-order valence-corrected chi connectivity index (χ1v) is 11.5. The maximum Gasteiger partial charge on any atom is 0.229 e. The zero-order valence-corrected chi connectivity index (χ0v) is 18.8. The van der Waals surface area contributed by atoms with Crippen LogP contribution >= 0.6 is 11.6 Å². The van der Waals surface area contributed by atoms with Crippen molar-refractivity contribution in [1.82, 2.24) is 10.3 Å². The van der Waals surface area contributed by atoms with Gasteiger partial charge in [-0.25, -0.2) is 4.98 Å². The number of nitrogens with zero attached hydrogens (tertiary/aromatic N) is 2. The number of ether oxygens (including phenoxy) is 1. The third-order valence-electron chi connectivity index (χ3n) is 6.25. The van der Waals surface area contributed by atoms with Crippen LogP contribution in [0, 0.1) is 11.8 Å². The van der Waals surface area contributed by atoms with Crippen molar-refractivity contribution in [2.75, 3.05) is 50.1 Å². The molecule has 0 unspecified atom stereocenters. The van der Waals surface area contributed by atoms with Gasteiger partial charge in [-0.2, -0.15) is 0 Å². The standard InChI is InChI=1S/C24H31ClN4O2/c1-29(16-17-7-10-31-11-8-17)20-6-2-4-18(12-20)21-13-23(27-15-22(21)25)28-24(30)19-5-3-9-26-14-19/h2,4,6,12-13,15,17,19,26H,3,5,7-11,14,16H2,1H3,(H,27,28,30)/t19-/m1/s1. The largest absolute Gasteiger partial charge is 0.381 e. The molecule has 7 heteroatoms. The Morgan fingerprint density at radius 1 is 1.29 bits per heavy atom. The lowest BCUT2D eigenvalue weighted by molar-refractivity contribution is -0.120. The predicted octanol–water partition coefficient (Wildman–Crippen LogP) is 4.20. The van der Waals surface area contributed by atoms with Crippen molar-refractivity contribution >= 4 is 29.0 Å². The van der Waals surface area contributed by atoms with Crippen LogP contribution in [-0.4, -0.2) is 50.8 Å². The molecule has 0 bridgehead atoms.